The van der Waals surface area contributed by atoms with Crippen molar-refractivity contribution in [3.63, 3.8) is 0 Å². The fourth-order valence-electron chi connectivity index (χ4n) is 2.00. The smallest absolute Gasteiger partial charge is 0.258 e. The lowest BCUT2D eigenvalue weighted by atomic mass is 10.3. The van der Waals surface area contributed by atoms with Crippen molar-refractivity contribution in [1.82, 2.24) is 0 Å². The lowest BCUT2D eigenvalue weighted by Gasteiger charge is -2.05. The Kier molecular flexibility index (Phi) is 4.80. The van der Waals surface area contributed by atoms with E-state index in [-0.39, 0.29) is 0 Å². The zero-order valence-electron chi connectivity index (χ0n) is 12.7. The highest BCUT2D eigenvalue weighted by Gasteiger charge is 2.29. The van der Waals surface area contributed by atoms with Crippen LogP contribution >= 0.6 is 0 Å². The number of nitrogens with zero attached hydrogens (tertiary/aromatic N) is 4. The van der Waals surface area contributed by atoms with Gasteiger partial charge in [0.05, 0.1) is 41.6 Å². The Balaban J connectivity index is 2.79. The normalized spacial score (nSPS) is 11.0. The van der Waals surface area contributed by atoms with Gasteiger partial charge in [-0.15, -0.1) is 0 Å². The minimum absolute atomic E-state index is 0.507. The van der Waals surface area contributed by atoms with Gasteiger partial charge in [0.25, 0.3) is 22.7 Å². The Morgan fingerprint density at radius 2 is 0.741 bits per heavy atom. The van der Waals surface area contributed by atoms with Gasteiger partial charge in [-0.3, -0.25) is 40.5 Å². The summed E-state index contributed by atoms with van der Waals surface area (Å²) in [4.78, 5) is 37.4. The van der Waals surface area contributed by atoms with Crippen LogP contribution in [0.5, 0.6) is 0 Å². The molecule has 0 amide bonds. The van der Waals surface area contributed by atoms with Crippen molar-refractivity contribution in [1.29, 1.82) is 0 Å². The van der Waals surface area contributed by atoms with Crippen LogP contribution in [0.2, 0.25) is 0 Å². The van der Waals surface area contributed by atoms with Crippen LogP contribution in [0, 0.1) is 40.5 Å². The fraction of sp³-hybridized carbons (Fsp3) is 0. The molecule has 2 aromatic rings. The molecule has 0 radical (unpaired) electrons. The van der Waals surface area contributed by atoms with E-state index in [2.05, 4.69) is 0 Å². The molecule has 2 rings (SSSR count). The van der Waals surface area contributed by atoms with E-state index in [1.165, 1.54) is 0 Å². The average molecular weight is 398 g/mol. The molecule has 2 aromatic carbocycles. The number of hydrogen-bond acceptors (Lipinski definition) is 10. The van der Waals surface area contributed by atoms with Gasteiger partial charge < -0.3 is 0 Å². The van der Waals surface area contributed by atoms with Crippen LogP contribution in [0.1, 0.15) is 0 Å². The van der Waals surface area contributed by atoms with Gasteiger partial charge in [-0.2, -0.15) is 0 Å². The Hall–Kier alpha value is -4.01. The van der Waals surface area contributed by atoms with Crippen molar-refractivity contribution in [3.05, 3.63) is 76.9 Å². The van der Waals surface area contributed by atoms with Crippen molar-refractivity contribution >= 4 is 32.6 Å². The maximum atomic E-state index is 12.6. The first-order valence-electron chi connectivity index (χ1n) is 6.56. The second-order valence-electron chi connectivity index (χ2n) is 4.90. The van der Waals surface area contributed by atoms with Crippen LogP contribution in [0.25, 0.3) is 0 Å². The van der Waals surface area contributed by atoms with Gasteiger partial charge in [0.15, 0.2) is 0 Å². The van der Waals surface area contributed by atoms with E-state index in [1.54, 1.807) is 0 Å². The summed E-state index contributed by atoms with van der Waals surface area (Å²) in [6, 6.07) is 3.07. The number of rotatable bonds is 6. The summed E-state index contributed by atoms with van der Waals surface area (Å²) in [5.41, 5.74) is -3.66. The highest BCUT2D eigenvalue weighted by atomic mass is 32.2. The highest BCUT2D eigenvalue weighted by molar-refractivity contribution is 7.91. The van der Waals surface area contributed by atoms with E-state index in [9.17, 15) is 48.9 Å². The summed E-state index contributed by atoms with van der Waals surface area (Å²) in [5.74, 6) is 0. The number of nitro benzene ring substituents is 4. The molecule has 0 bridgehead atoms. The van der Waals surface area contributed by atoms with E-state index in [1.807, 2.05) is 0 Å². The fourth-order valence-corrected chi connectivity index (χ4v) is 3.38. The molecular formula is C12H6N4O10S. The van der Waals surface area contributed by atoms with Crippen LogP contribution in [0.3, 0.4) is 0 Å². The number of hydrogen-bond donors (Lipinski definition) is 0. The molecule has 0 unspecified atom stereocenters. The second-order valence-corrected chi connectivity index (χ2v) is 6.85. The molecule has 140 valence electrons. The minimum Gasteiger partial charge on any atom is -0.258 e. The third-order valence-electron chi connectivity index (χ3n) is 3.22. The van der Waals surface area contributed by atoms with Gasteiger partial charge in [-0.05, 0) is 0 Å². The maximum absolute atomic E-state index is 12.6. The standard InChI is InChI=1S/C12H6N4O10S/c17-13(18)7-1-8(14(19)20)4-11(3-7)27(25,26)12-5-9(15(21)22)2-10(6-12)16(23)24/h1-6H. The van der Waals surface area contributed by atoms with Crippen LogP contribution in [-0.4, -0.2) is 28.1 Å². The number of benzene rings is 2. The first-order chi connectivity index (χ1) is 12.4. The van der Waals surface area contributed by atoms with Crippen molar-refractivity contribution in [2.24, 2.45) is 0 Å². The quantitative estimate of drug-likeness (QED) is 0.511. The molecule has 0 spiro atoms. The van der Waals surface area contributed by atoms with Gasteiger partial charge in [-0.1, -0.05) is 0 Å². The van der Waals surface area contributed by atoms with Crippen molar-refractivity contribution in [3.8, 4) is 0 Å². The summed E-state index contributed by atoms with van der Waals surface area (Å²) in [6.45, 7) is 0. The third-order valence-corrected chi connectivity index (χ3v) is 4.93. The SMILES string of the molecule is O=[N+]([O-])c1cc([N+](=O)[O-])cc(S(=O)(=O)c2cc([N+](=O)[O-])cc([N+](=O)[O-])c2)c1. The Labute approximate surface area is 148 Å². The topological polar surface area (TPSA) is 207 Å². The minimum atomic E-state index is -4.78. The Morgan fingerprint density at radius 1 is 0.519 bits per heavy atom. The molecule has 0 saturated carbocycles. The zero-order chi connectivity index (χ0) is 20.5. The molecule has 0 aliphatic heterocycles. The van der Waals surface area contributed by atoms with E-state index in [4.69, 9.17) is 0 Å². The molecule has 0 heterocycles. The molecule has 0 aromatic heterocycles. The Morgan fingerprint density at radius 3 is 0.926 bits per heavy atom. The average Bonchev–Trinajstić information content (AvgIpc) is 2.60. The van der Waals surface area contributed by atoms with Crippen LogP contribution in [-0.2, 0) is 9.84 Å². The largest absolute Gasteiger partial charge is 0.277 e. The molecule has 0 aliphatic rings. The summed E-state index contributed by atoms with van der Waals surface area (Å²) in [6.07, 6.45) is 0. The molecule has 14 nitrogen and oxygen atoms in total. The molecule has 0 N–H and O–H groups in total. The molecule has 0 saturated heterocycles. The molecular weight excluding hydrogens is 392 g/mol. The van der Waals surface area contributed by atoms with E-state index < -0.39 is 62.1 Å². The van der Waals surface area contributed by atoms with Crippen LogP contribution in [0.15, 0.2) is 46.2 Å². The number of sulfone groups is 1. The maximum Gasteiger partial charge on any atom is 0.277 e. The summed E-state index contributed by atoms with van der Waals surface area (Å²) in [5, 5.41) is 43.6. The molecule has 0 fully saturated rings. The lowest BCUT2D eigenvalue weighted by molar-refractivity contribution is -0.394. The highest BCUT2D eigenvalue weighted by Crippen LogP contribution is 2.32. The molecule has 27 heavy (non-hydrogen) atoms. The monoisotopic (exact) mass is 398 g/mol. The first-order valence-corrected chi connectivity index (χ1v) is 8.04. The zero-order valence-corrected chi connectivity index (χ0v) is 13.6. The predicted molar refractivity (Wildman–Crippen MR) is 85.0 cm³/mol. The first kappa shape index (κ1) is 19.3. The van der Waals surface area contributed by atoms with Gasteiger partial charge >= 0.3 is 0 Å². The second kappa shape index (κ2) is 6.71. The van der Waals surface area contributed by atoms with Crippen LogP contribution in [0.4, 0.5) is 22.7 Å². The predicted octanol–water partition coefficient (Wildman–Crippen LogP) is 2.15. The summed E-state index contributed by atoms with van der Waals surface area (Å²) in [7, 11) is -4.78. The number of nitro groups is 4. The van der Waals surface area contributed by atoms with Gasteiger partial charge in [0.1, 0.15) is 0 Å². The van der Waals surface area contributed by atoms with Crippen molar-refractivity contribution < 1.29 is 28.1 Å². The van der Waals surface area contributed by atoms with Gasteiger partial charge in [-0.25, -0.2) is 8.42 Å². The van der Waals surface area contributed by atoms with E-state index >= 15 is 0 Å². The van der Waals surface area contributed by atoms with Crippen molar-refractivity contribution in [2.45, 2.75) is 9.79 Å². The molecule has 0 atom stereocenters. The van der Waals surface area contributed by atoms with E-state index in [0.717, 1.165) is 0 Å². The van der Waals surface area contributed by atoms with Crippen LogP contribution < -0.4 is 0 Å². The van der Waals surface area contributed by atoms with E-state index in [0.29, 0.717) is 36.4 Å². The summed E-state index contributed by atoms with van der Waals surface area (Å²) >= 11 is 0. The van der Waals surface area contributed by atoms with Gasteiger partial charge in [0, 0.05) is 24.3 Å². The van der Waals surface area contributed by atoms with Gasteiger partial charge in [0.2, 0.25) is 9.84 Å². The number of non-ortho nitro benzene ring substituents is 4. The lowest BCUT2D eigenvalue weighted by Crippen LogP contribution is -2.06. The molecule has 0 aliphatic carbocycles. The molecule has 15 heteroatoms. The third kappa shape index (κ3) is 3.82. The van der Waals surface area contributed by atoms with Crippen molar-refractivity contribution in [2.75, 3.05) is 0 Å². The summed E-state index contributed by atoms with van der Waals surface area (Å²) < 4.78 is 25.3. The Bertz CT molecular complexity index is 965.